The monoisotopic (exact) mass is 373 g/mol. The summed E-state index contributed by atoms with van der Waals surface area (Å²) in [6, 6.07) is 8.73. The molecule has 1 saturated heterocycles. The molecule has 1 aliphatic heterocycles. The number of hydrogen-bond donors (Lipinski definition) is 2. The van der Waals surface area contributed by atoms with Gasteiger partial charge < -0.3 is 20.7 Å². The average molecular weight is 373 g/mol. The van der Waals surface area contributed by atoms with Crippen molar-refractivity contribution in [2.75, 3.05) is 20.2 Å². The molecule has 2 aliphatic rings. The van der Waals surface area contributed by atoms with Gasteiger partial charge in [0.1, 0.15) is 0 Å². The number of ether oxygens (including phenoxy) is 1. The maximum atomic E-state index is 12.6. The number of likely N-dealkylation sites (tertiary alicyclic amines) is 1. The molecule has 1 heterocycles. The summed E-state index contributed by atoms with van der Waals surface area (Å²) in [7, 11) is 1.44. The molecule has 6 nitrogen and oxygen atoms in total. The predicted octanol–water partition coefficient (Wildman–Crippen LogP) is 2.77. The van der Waals surface area contributed by atoms with E-state index in [2.05, 4.69) is 29.6 Å². The van der Waals surface area contributed by atoms with Crippen molar-refractivity contribution in [1.82, 2.24) is 10.2 Å². The van der Waals surface area contributed by atoms with Crippen LogP contribution in [0.2, 0.25) is 0 Å². The number of nitrogens with one attached hydrogen (secondary N) is 1. The van der Waals surface area contributed by atoms with Crippen LogP contribution in [0, 0.1) is 5.92 Å². The molecule has 3 N–H and O–H groups in total. The summed E-state index contributed by atoms with van der Waals surface area (Å²) in [6.45, 7) is 2.14. The lowest BCUT2D eigenvalue weighted by molar-refractivity contribution is -0.146. The van der Waals surface area contributed by atoms with Crippen LogP contribution in [0.4, 0.5) is 4.79 Å². The van der Waals surface area contributed by atoms with Crippen molar-refractivity contribution in [3.63, 3.8) is 0 Å². The van der Waals surface area contributed by atoms with Gasteiger partial charge in [-0.3, -0.25) is 4.79 Å². The van der Waals surface area contributed by atoms with Crippen molar-refractivity contribution in [3.05, 3.63) is 35.4 Å². The van der Waals surface area contributed by atoms with Crippen molar-refractivity contribution in [2.24, 2.45) is 11.7 Å². The third kappa shape index (κ3) is 5.01. The van der Waals surface area contributed by atoms with E-state index in [9.17, 15) is 9.59 Å². The van der Waals surface area contributed by atoms with Gasteiger partial charge in [0, 0.05) is 25.7 Å². The largest absolute Gasteiger partial charge is 0.469 e. The van der Waals surface area contributed by atoms with Crippen LogP contribution >= 0.6 is 0 Å². The van der Waals surface area contributed by atoms with Gasteiger partial charge in [-0.1, -0.05) is 24.3 Å². The Hall–Kier alpha value is -2.08. The minimum absolute atomic E-state index is 0.00967. The van der Waals surface area contributed by atoms with E-state index in [1.165, 1.54) is 12.7 Å². The fraction of sp³-hybridized carbons (Fsp3) is 0.619. The van der Waals surface area contributed by atoms with E-state index in [4.69, 9.17) is 10.5 Å². The Balaban J connectivity index is 1.43. The first-order chi connectivity index (χ1) is 13.1. The standard InChI is InChI=1S/C21H31N3O3/c1-27-20(25)18-6-8-19(9-7-18)23-21(26)24-12-10-17(11-13-24)16-4-2-15(14-22)3-5-16/h2-5,17-19H,6-14,22H2,1H3,(H,23,26). The molecule has 0 unspecified atom stereocenters. The Kier molecular flexibility index (Phi) is 6.72. The normalized spacial score (nSPS) is 23.7. The van der Waals surface area contributed by atoms with E-state index < -0.39 is 0 Å². The summed E-state index contributed by atoms with van der Waals surface area (Å²) >= 11 is 0. The Morgan fingerprint density at radius 3 is 2.26 bits per heavy atom. The minimum atomic E-state index is -0.124. The predicted molar refractivity (Wildman–Crippen MR) is 104 cm³/mol. The lowest BCUT2D eigenvalue weighted by Crippen LogP contribution is -2.48. The number of nitrogens with zero attached hydrogens (tertiary/aromatic N) is 1. The van der Waals surface area contributed by atoms with Crippen molar-refractivity contribution >= 4 is 12.0 Å². The number of benzene rings is 1. The van der Waals surface area contributed by atoms with E-state index in [1.807, 2.05) is 4.90 Å². The number of urea groups is 1. The zero-order valence-corrected chi connectivity index (χ0v) is 16.2. The number of methoxy groups -OCH3 is 1. The topological polar surface area (TPSA) is 84.7 Å². The molecule has 3 rings (SSSR count). The molecule has 1 saturated carbocycles. The number of piperidine rings is 1. The van der Waals surface area contributed by atoms with E-state index in [1.54, 1.807) is 0 Å². The van der Waals surface area contributed by atoms with Crippen molar-refractivity contribution in [1.29, 1.82) is 0 Å². The smallest absolute Gasteiger partial charge is 0.317 e. The average Bonchev–Trinajstić information content (AvgIpc) is 2.74. The molecule has 1 aromatic rings. The molecule has 6 heteroatoms. The Morgan fingerprint density at radius 1 is 1.07 bits per heavy atom. The van der Waals surface area contributed by atoms with Gasteiger partial charge in [-0.15, -0.1) is 0 Å². The number of hydrogen-bond acceptors (Lipinski definition) is 4. The maximum Gasteiger partial charge on any atom is 0.317 e. The number of amides is 2. The summed E-state index contributed by atoms with van der Waals surface area (Å²) in [5.74, 6) is 0.377. The van der Waals surface area contributed by atoms with Crippen LogP contribution in [0.3, 0.4) is 0 Å². The van der Waals surface area contributed by atoms with Crippen LogP contribution in [-0.2, 0) is 16.1 Å². The van der Waals surface area contributed by atoms with E-state index in [0.717, 1.165) is 57.2 Å². The van der Waals surface area contributed by atoms with Crippen LogP contribution in [0.25, 0.3) is 0 Å². The molecule has 1 aliphatic carbocycles. The number of nitrogens with two attached hydrogens (primary N) is 1. The van der Waals surface area contributed by atoms with Crippen LogP contribution < -0.4 is 11.1 Å². The van der Waals surface area contributed by atoms with Gasteiger partial charge in [0.15, 0.2) is 0 Å². The summed E-state index contributed by atoms with van der Waals surface area (Å²) in [5.41, 5.74) is 8.15. The number of rotatable bonds is 4. The summed E-state index contributed by atoms with van der Waals surface area (Å²) in [5, 5.41) is 3.16. The lowest BCUT2D eigenvalue weighted by Gasteiger charge is -2.34. The molecule has 1 aromatic carbocycles. The minimum Gasteiger partial charge on any atom is -0.469 e. The molecule has 0 aromatic heterocycles. The molecule has 0 atom stereocenters. The molecule has 2 fully saturated rings. The zero-order chi connectivity index (χ0) is 19.2. The Morgan fingerprint density at radius 2 is 1.70 bits per heavy atom. The fourth-order valence-electron chi connectivity index (χ4n) is 4.25. The molecule has 0 spiro atoms. The second-order valence-corrected chi connectivity index (χ2v) is 7.73. The van der Waals surface area contributed by atoms with E-state index in [-0.39, 0.29) is 24.0 Å². The zero-order valence-electron chi connectivity index (χ0n) is 16.2. The van der Waals surface area contributed by atoms with E-state index >= 15 is 0 Å². The van der Waals surface area contributed by atoms with Crippen LogP contribution in [-0.4, -0.2) is 43.1 Å². The number of carbonyl (C=O) groups is 2. The lowest BCUT2D eigenvalue weighted by atomic mass is 9.86. The second kappa shape index (κ2) is 9.22. The molecule has 27 heavy (non-hydrogen) atoms. The van der Waals surface area contributed by atoms with Gasteiger partial charge in [-0.05, 0) is 55.6 Å². The van der Waals surface area contributed by atoms with Crippen molar-refractivity contribution in [2.45, 2.75) is 57.0 Å². The van der Waals surface area contributed by atoms with Gasteiger partial charge in [0.2, 0.25) is 0 Å². The Labute approximate surface area is 161 Å². The van der Waals surface area contributed by atoms with Gasteiger partial charge >= 0.3 is 12.0 Å². The maximum absolute atomic E-state index is 12.6. The van der Waals surface area contributed by atoms with Crippen molar-refractivity contribution < 1.29 is 14.3 Å². The molecular formula is C21H31N3O3. The summed E-state index contributed by atoms with van der Waals surface area (Å²) in [6.07, 6.45) is 5.25. The molecule has 148 valence electrons. The Bertz CT molecular complexity index is 631. The fourth-order valence-corrected chi connectivity index (χ4v) is 4.25. The van der Waals surface area contributed by atoms with Crippen molar-refractivity contribution in [3.8, 4) is 0 Å². The first kappa shape index (κ1) is 19.7. The van der Waals surface area contributed by atoms with Crippen LogP contribution in [0.5, 0.6) is 0 Å². The third-order valence-corrected chi connectivity index (χ3v) is 6.06. The number of carbonyl (C=O) groups excluding carboxylic acids is 2. The van der Waals surface area contributed by atoms with Gasteiger partial charge in [0.25, 0.3) is 0 Å². The highest BCUT2D eigenvalue weighted by Crippen LogP contribution is 2.29. The molecule has 0 bridgehead atoms. The highest BCUT2D eigenvalue weighted by molar-refractivity contribution is 5.75. The highest BCUT2D eigenvalue weighted by Gasteiger charge is 2.29. The first-order valence-corrected chi connectivity index (χ1v) is 10.0. The van der Waals surface area contributed by atoms with Gasteiger partial charge in [0.05, 0.1) is 13.0 Å². The summed E-state index contributed by atoms with van der Waals surface area (Å²) in [4.78, 5) is 26.1. The highest BCUT2D eigenvalue weighted by atomic mass is 16.5. The first-order valence-electron chi connectivity index (χ1n) is 10.0. The van der Waals surface area contributed by atoms with Crippen LogP contribution in [0.1, 0.15) is 55.6 Å². The molecule has 2 amide bonds. The summed E-state index contributed by atoms with van der Waals surface area (Å²) < 4.78 is 4.82. The SMILES string of the molecule is COC(=O)C1CCC(NC(=O)N2CCC(c3ccc(CN)cc3)CC2)CC1. The number of esters is 1. The quantitative estimate of drug-likeness (QED) is 0.795. The van der Waals surface area contributed by atoms with E-state index in [0.29, 0.717) is 12.5 Å². The second-order valence-electron chi connectivity index (χ2n) is 7.73. The van der Waals surface area contributed by atoms with Gasteiger partial charge in [-0.25, -0.2) is 4.79 Å². The molecular weight excluding hydrogens is 342 g/mol. The third-order valence-electron chi connectivity index (χ3n) is 6.06. The van der Waals surface area contributed by atoms with Gasteiger partial charge in [-0.2, -0.15) is 0 Å². The van der Waals surface area contributed by atoms with Crippen LogP contribution in [0.15, 0.2) is 24.3 Å². The molecule has 0 radical (unpaired) electrons.